The van der Waals surface area contributed by atoms with Gasteiger partial charge in [0.05, 0.1) is 22.4 Å². The van der Waals surface area contributed by atoms with Gasteiger partial charge >= 0.3 is 0 Å². The topological polar surface area (TPSA) is 103 Å². The summed E-state index contributed by atoms with van der Waals surface area (Å²) in [5.74, 6) is -0.297. The Morgan fingerprint density at radius 3 is 3.00 bits per heavy atom. The number of nitro groups is 1. The summed E-state index contributed by atoms with van der Waals surface area (Å²) in [7, 11) is 0. The van der Waals surface area contributed by atoms with E-state index in [1.54, 1.807) is 28.4 Å². The number of nitrogens with one attached hydrogen (secondary N) is 1. The third-order valence-corrected chi connectivity index (χ3v) is 4.05. The summed E-state index contributed by atoms with van der Waals surface area (Å²) < 4.78 is 1.66. The van der Waals surface area contributed by atoms with Gasteiger partial charge in [-0.15, -0.1) is 11.3 Å². The van der Waals surface area contributed by atoms with E-state index in [4.69, 9.17) is 0 Å². The summed E-state index contributed by atoms with van der Waals surface area (Å²) in [6.45, 7) is 2.61. The van der Waals surface area contributed by atoms with Crippen LogP contribution in [0.1, 0.15) is 17.3 Å². The highest BCUT2D eigenvalue weighted by Gasteiger charge is 2.13. The number of carbonyl (C=O) groups is 1. The van der Waals surface area contributed by atoms with Gasteiger partial charge in [-0.2, -0.15) is 5.10 Å². The van der Waals surface area contributed by atoms with Crippen molar-refractivity contribution < 1.29 is 9.72 Å². The van der Waals surface area contributed by atoms with Crippen LogP contribution >= 0.6 is 11.3 Å². The van der Waals surface area contributed by atoms with Gasteiger partial charge in [0.2, 0.25) is 0 Å². The summed E-state index contributed by atoms with van der Waals surface area (Å²) in [5.41, 5.74) is 1.64. The fourth-order valence-electron chi connectivity index (χ4n) is 2.07. The molecule has 0 saturated carbocycles. The van der Waals surface area contributed by atoms with Crippen LogP contribution in [0.15, 0.2) is 42.0 Å². The zero-order valence-electron chi connectivity index (χ0n) is 12.7. The van der Waals surface area contributed by atoms with Crippen molar-refractivity contribution in [1.82, 2.24) is 14.8 Å². The fourth-order valence-corrected chi connectivity index (χ4v) is 2.78. The molecule has 0 saturated heterocycles. The van der Waals surface area contributed by atoms with Crippen LogP contribution in [0.25, 0.3) is 11.3 Å². The largest absolute Gasteiger partial charge is 0.298 e. The Hall–Kier alpha value is -3.07. The number of non-ortho nitro benzene ring substituents is 1. The quantitative estimate of drug-likeness (QED) is 0.566. The SMILES string of the molecule is CCn1cc(C(=O)Nc2nc(-c3cccc([N+](=O)[O-])c3)cs2)cn1. The number of anilines is 1. The van der Waals surface area contributed by atoms with Gasteiger partial charge in [-0.05, 0) is 6.92 Å². The monoisotopic (exact) mass is 343 g/mol. The molecule has 1 amide bonds. The second kappa shape index (κ2) is 6.59. The Morgan fingerprint density at radius 1 is 1.46 bits per heavy atom. The Bertz CT molecular complexity index is 902. The molecule has 1 aromatic carbocycles. The van der Waals surface area contributed by atoms with Gasteiger partial charge < -0.3 is 0 Å². The third-order valence-electron chi connectivity index (χ3n) is 3.30. The van der Waals surface area contributed by atoms with Crippen LogP contribution in [0.3, 0.4) is 0 Å². The highest BCUT2D eigenvalue weighted by Crippen LogP contribution is 2.27. The maximum atomic E-state index is 12.1. The van der Waals surface area contributed by atoms with Crippen molar-refractivity contribution in [3.05, 3.63) is 57.7 Å². The van der Waals surface area contributed by atoms with Crippen molar-refractivity contribution in [2.24, 2.45) is 0 Å². The number of nitro benzene ring substituents is 1. The summed E-state index contributed by atoms with van der Waals surface area (Å²) in [4.78, 5) is 26.8. The highest BCUT2D eigenvalue weighted by atomic mass is 32.1. The normalized spacial score (nSPS) is 10.5. The molecule has 0 radical (unpaired) electrons. The molecule has 0 fully saturated rings. The van der Waals surface area contributed by atoms with E-state index in [1.807, 2.05) is 6.92 Å². The zero-order valence-corrected chi connectivity index (χ0v) is 13.5. The van der Waals surface area contributed by atoms with Crippen LogP contribution in [0.5, 0.6) is 0 Å². The van der Waals surface area contributed by atoms with Crippen molar-refractivity contribution in [2.45, 2.75) is 13.5 Å². The number of amides is 1. The number of rotatable bonds is 5. The van der Waals surface area contributed by atoms with Crippen molar-refractivity contribution in [3.63, 3.8) is 0 Å². The average Bonchev–Trinajstić information content (AvgIpc) is 3.24. The van der Waals surface area contributed by atoms with E-state index in [1.165, 1.54) is 29.7 Å². The predicted molar refractivity (Wildman–Crippen MR) is 90.1 cm³/mol. The number of thiazole rings is 1. The van der Waals surface area contributed by atoms with E-state index in [2.05, 4.69) is 15.4 Å². The Balaban J connectivity index is 1.77. The molecule has 122 valence electrons. The molecule has 0 unspecified atom stereocenters. The molecule has 0 spiro atoms. The van der Waals surface area contributed by atoms with E-state index in [9.17, 15) is 14.9 Å². The number of benzene rings is 1. The lowest BCUT2D eigenvalue weighted by molar-refractivity contribution is -0.384. The number of hydrogen-bond donors (Lipinski definition) is 1. The van der Waals surface area contributed by atoms with Gasteiger partial charge in [-0.1, -0.05) is 12.1 Å². The fraction of sp³-hybridized carbons (Fsp3) is 0.133. The summed E-state index contributed by atoms with van der Waals surface area (Å²) in [6.07, 6.45) is 3.15. The number of hydrogen-bond acceptors (Lipinski definition) is 6. The minimum Gasteiger partial charge on any atom is -0.298 e. The third kappa shape index (κ3) is 3.30. The van der Waals surface area contributed by atoms with Gasteiger partial charge in [0.1, 0.15) is 0 Å². The van der Waals surface area contributed by atoms with Crippen LogP contribution in [-0.2, 0) is 6.54 Å². The maximum Gasteiger partial charge on any atom is 0.270 e. The summed E-state index contributed by atoms with van der Waals surface area (Å²) in [6, 6.07) is 6.21. The summed E-state index contributed by atoms with van der Waals surface area (Å²) >= 11 is 1.25. The molecule has 2 aromatic heterocycles. The van der Waals surface area contributed by atoms with Crippen molar-refractivity contribution in [2.75, 3.05) is 5.32 Å². The van der Waals surface area contributed by atoms with Crippen LogP contribution in [0, 0.1) is 10.1 Å². The molecular weight excluding hydrogens is 330 g/mol. The second-order valence-electron chi connectivity index (χ2n) is 4.88. The molecule has 0 bridgehead atoms. The first-order chi connectivity index (χ1) is 11.6. The Labute approximate surface area is 140 Å². The van der Waals surface area contributed by atoms with Gasteiger partial charge in [0.25, 0.3) is 11.6 Å². The van der Waals surface area contributed by atoms with Crippen LogP contribution in [0.4, 0.5) is 10.8 Å². The van der Waals surface area contributed by atoms with Gasteiger partial charge in [-0.3, -0.25) is 24.9 Å². The molecule has 0 atom stereocenters. The van der Waals surface area contributed by atoms with Crippen molar-refractivity contribution in [1.29, 1.82) is 0 Å². The molecule has 3 aromatic rings. The molecule has 0 aliphatic carbocycles. The van der Waals surface area contributed by atoms with Crippen LogP contribution < -0.4 is 5.32 Å². The maximum absolute atomic E-state index is 12.1. The van der Waals surface area contributed by atoms with E-state index in [-0.39, 0.29) is 11.6 Å². The first-order valence-corrected chi connectivity index (χ1v) is 7.99. The molecule has 8 nitrogen and oxygen atoms in total. The Morgan fingerprint density at radius 2 is 2.29 bits per heavy atom. The standard InChI is InChI=1S/C15H13N5O3S/c1-2-19-8-11(7-16-19)14(21)18-15-17-13(9-24-15)10-4-3-5-12(6-10)20(22)23/h3-9H,2H2,1H3,(H,17,18,21). The lowest BCUT2D eigenvalue weighted by Crippen LogP contribution is -2.10. The second-order valence-corrected chi connectivity index (χ2v) is 5.74. The number of aryl methyl sites for hydroxylation is 1. The van der Waals surface area contributed by atoms with E-state index >= 15 is 0 Å². The highest BCUT2D eigenvalue weighted by molar-refractivity contribution is 7.14. The smallest absolute Gasteiger partial charge is 0.270 e. The van der Waals surface area contributed by atoms with E-state index in [0.29, 0.717) is 28.5 Å². The minimum absolute atomic E-state index is 0.00179. The zero-order chi connectivity index (χ0) is 17.1. The number of carbonyl (C=O) groups excluding carboxylic acids is 1. The summed E-state index contributed by atoms with van der Waals surface area (Å²) in [5, 5.41) is 19.8. The Kier molecular flexibility index (Phi) is 4.34. The lowest BCUT2D eigenvalue weighted by atomic mass is 10.1. The first-order valence-electron chi connectivity index (χ1n) is 7.11. The number of aromatic nitrogens is 3. The average molecular weight is 343 g/mol. The molecule has 2 heterocycles. The van der Waals surface area contributed by atoms with E-state index < -0.39 is 4.92 Å². The van der Waals surface area contributed by atoms with Crippen molar-refractivity contribution in [3.8, 4) is 11.3 Å². The van der Waals surface area contributed by atoms with Gasteiger partial charge in [-0.25, -0.2) is 4.98 Å². The molecule has 24 heavy (non-hydrogen) atoms. The molecule has 3 rings (SSSR count). The molecule has 9 heteroatoms. The van der Waals surface area contributed by atoms with E-state index in [0.717, 1.165) is 0 Å². The number of nitrogens with zero attached hydrogens (tertiary/aromatic N) is 4. The molecular formula is C15H13N5O3S. The van der Waals surface area contributed by atoms with Gasteiger partial charge in [0, 0.05) is 35.8 Å². The molecule has 0 aliphatic heterocycles. The van der Waals surface area contributed by atoms with Crippen LogP contribution in [-0.4, -0.2) is 25.6 Å². The van der Waals surface area contributed by atoms with Gasteiger partial charge in [0.15, 0.2) is 5.13 Å². The predicted octanol–water partition coefficient (Wildman–Crippen LogP) is 3.19. The minimum atomic E-state index is -0.454. The lowest BCUT2D eigenvalue weighted by Gasteiger charge is -1.99. The van der Waals surface area contributed by atoms with Crippen LogP contribution in [0.2, 0.25) is 0 Å². The van der Waals surface area contributed by atoms with Crippen molar-refractivity contribution >= 4 is 28.1 Å². The first kappa shape index (κ1) is 15.8. The molecule has 1 N–H and O–H groups in total. The molecule has 0 aliphatic rings.